The third-order valence-corrected chi connectivity index (χ3v) is 3.91. The Labute approximate surface area is 113 Å². The molecule has 0 radical (unpaired) electrons. The number of amides is 1. The van der Waals surface area contributed by atoms with Crippen LogP contribution in [0.15, 0.2) is 0 Å². The predicted octanol–water partition coefficient (Wildman–Crippen LogP) is 3.01. The van der Waals surface area contributed by atoms with E-state index >= 15 is 0 Å². The molecule has 2 unspecified atom stereocenters. The van der Waals surface area contributed by atoms with E-state index in [1.54, 1.807) is 0 Å². The second-order valence-corrected chi connectivity index (χ2v) is 5.38. The maximum absolute atomic E-state index is 11.6. The fourth-order valence-electron chi connectivity index (χ4n) is 2.98. The molecule has 0 heterocycles. The molecule has 0 aromatic carbocycles. The average Bonchev–Trinajstić information content (AvgIpc) is 2.28. The molecule has 104 valence electrons. The van der Waals surface area contributed by atoms with E-state index in [2.05, 4.69) is 0 Å². The van der Waals surface area contributed by atoms with Gasteiger partial charge in [0.25, 0.3) is 0 Å². The van der Waals surface area contributed by atoms with Crippen LogP contribution in [0.3, 0.4) is 0 Å². The van der Waals surface area contributed by atoms with Gasteiger partial charge in [-0.3, -0.25) is 4.79 Å². The summed E-state index contributed by atoms with van der Waals surface area (Å²) in [7, 11) is 0. The van der Waals surface area contributed by atoms with Gasteiger partial charge in [0.05, 0.1) is 0 Å². The van der Waals surface area contributed by atoms with E-state index in [9.17, 15) is 9.59 Å². The van der Waals surface area contributed by atoms with Crippen LogP contribution in [0, 0.1) is 5.92 Å². The quantitative estimate of drug-likeness (QED) is 0.758. The fraction of sp³-hybridized carbons (Fsp3) is 0.846. The number of carbonyl (C=O) groups excluding carboxylic acids is 2. The van der Waals surface area contributed by atoms with Crippen LogP contribution in [-0.4, -0.2) is 23.4 Å². The van der Waals surface area contributed by atoms with Gasteiger partial charge < -0.3 is 10.5 Å². The Morgan fingerprint density at radius 3 is 2.78 bits per heavy atom. The number of nitrogens with two attached hydrogens (primary N) is 1. The minimum Gasteiger partial charge on any atom is -0.443 e. The van der Waals surface area contributed by atoms with Gasteiger partial charge in [-0.1, -0.05) is 13.3 Å². The Bertz CT molecular complexity index is 301. The molecule has 18 heavy (non-hydrogen) atoms. The van der Waals surface area contributed by atoms with E-state index in [4.69, 9.17) is 22.1 Å². The van der Waals surface area contributed by atoms with Crippen LogP contribution in [0.2, 0.25) is 0 Å². The van der Waals surface area contributed by atoms with E-state index in [0.29, 0.717) is 31.6 Å². The predicted molar refractivity (Wildman–Crippen MR) is 70.6 cm³/mol. The summed E-state index contributed by atoms with van der Waals surface area (Å²) in [5.41, 5.74) is 4.54. The molecule has 2 N–H and O–H groups in total. The molecule has 0 saturated heterocycles. The molecular weight excluding hydrogens is 254 g/mol. The number of alkyl halides is 1. The number of halogens is 1. The summed E-state index contributed by atoms with van der Waals surface area (Å²) < 4.78 is 5.41. The number of carbonyl (C=O) groups is 2. The van der Waals surface area contributed by atoms with Crippen molar-refractivity contribution in [3.05, 3.63) is 0 Å². The summed E-state index contributed by atoms with van der Waals surface area (Å²) in [5, 5.41) is 0. The monoisotopic (exact) mass is 275 g/mol. The molecule has 1 rings (SSSR count). The lowest BCUT2D eigenvalue weighted by atomic mass is 9.73. The first-order chi connectivity index (χ1) is 8.54. The van der Waals surface area contributed by atoms with Crippen LogP contribution in [0.5, 0.6) is 0 Å². The molecule has 1 aliphatic rings. The summed E-state index contributed by atoms with van der Waals surface area (Å²) in [6, 6.07) is 0. The minimum absolute atomic E-state index is 0.0601. The van der Waals surface area contributed by atoms with Gasteiger partial charge in [-0.2, -0.15) is 0 Å². The Morgan fingerprint density at radius 1 is 1.56 bits per heavy atom. The van der Waals surface area contributed by atoms with Crippen LogP contribution in [0.25, 0.3) is 0 Å². The van der Waals surface area contributed by atoms with Crippen molar-refractivity contribution in [1.29, 1.82) is 0 Å². The highest BCUT2D eigenvalue weighted by atomic mass is 35.5. The summed E-state index contributed by atoms with van der Waals surface area (Å²) in [6.07, 6.45) is 4.24. The van der Waals surface area contributed by atoms with Crippen molar-refractivity contribution in [2.75, 3.05) is 5.88 Å². The van der Waals surface area contributed by atoms with Gasteiger partial charge in [-0.05, 0) is 19.3 Å². The average molecular weight is 276 g/mol. The van der Waals surface area contributed by atoms with Crippen LogP contribution in [-0.2, 0) is 9.53 Å². The molecule has 2 atom stereocenters. The maximum atomic E-state index is 11.6. The van der Waals surface area contributed by atoms with Gasteiger partial charge in [0.15, 0.2) is 0 Å². The van der Waals surface area contributed by atoms with E-state index < -0.39 is 11.7 Å². The first-order valence-corrected chi connectivity index (χ1v) is 7.13. The smallest absolute Gasteiger partial charge is 0.405 e. The number of ether oxygens (including phenoxy) is 1. The summed E-state index contributed by atoms with van der Waals surface area (Å²) in [6.45, 7) is 2.03. The maximum Gasteiger partial charge on any atom is 0.405 e. The first-order valence-electron chi connectivity index (χ1n) is 6.60. The zero-order valence-corrected chi connectivity index (χ0v) is 11.7. The van der Waals surface area contributed by atoms with Crippen molar-refractivity contribution in [3.8, 4) is 0 Å². The number of primary amides is 1. The Balaban J connectivity index is 2.90. The Hall–Kier alpha value is -0.770. The van der Waals surface area contributed by atoms with Gasteiger partial charge >= 0.3 is 6.09 Å². The van der Waals surface area contributed by atoms with Gasteiger partial charge in [0, 0.05) is 31.1 Å². The van der Waals surface area contributed by atoms with Gasteiger partial charge in [-0.15, -0.1) is 11.6 Å². The lowest BCUT2D eigenvalue weighted by Crippen LogP contribution is -2.46. The first kappa shape index (κ1) is 15.3. The third kappa shape index (κ3) is 3.87. The minimum atomic E-state index is -0.772. The molecule has 0 aromatic heterocycles. The summed E-state index contributed by atoms with van der Waals surface area (Å²) in [4.78, 5) is 22.8. The fourth-order valence-corrected chi connectivity index (χ4v) is 3.30. The molecule has 1 aliphatic carbocycles. The zero-order chi connectivity index (χ0) is 13.6. The molecule has 1 fully saturated rings. The van der Waals surface area contributed by atoms with Gasteiger partial charge in [-0.25, -0.2) is 4.79 Å². The molecular formula is C13H22ClNO3. The van der Waals surface area contributed by atoms with Crippen molar-refractivity contribution in [1.82, 2.24) is 0 Å². The number of Topliss-reactive ketones (excluding diaryl/α,β-unsaturated/α-hetero) is 1. The molecule has 0 aromatic rings. The normalized spacial score (nSPS) is 23.4. The van der Waals surface area contributed by atoms with Crippen LogP contribution >= 0.6 is 11.6 Å². The van der Waals surface area contributed by atoms with Crippen molar-refractivity contribution < 1.29 is 14.3 Å². The van der Waals surface area contributed by atoms with Crippen molar-refractivity contribution in [2.24, 2.45) is 11.7 Å². The largest absolute Gasteiger partial charge is 0.443 e. The van der Waals surface area contributed by atoms with Crippen molar-refractivity contribution >= 4 is 23.5 Å². The molecule has 1 amide bonds. The van der Waals surface area contributed by atoms with E-state index in [-0.39, 0.29) is 11.7 Å². The summed E-state index contributed by atoms with van der Waals surface area (Å²) >= 11 is 5.84. The third-order valence-electron chi connectivity index (χ3n) is 3.72. The highest BCUT2D eigenvalue weighted by molar-refractivity contribution is 6.17. The Morgan fingerprint density at radius 2 is 2.28 bits per heavy atom. The lowest BCUT2D eigenvalue weighted by Gasteiger charge is -2.41. The number of rotatable bonds is 6. The highest BCUT2D eigenvalue weighted by Gasteiger charge is 2.42. The molecule has 0 spiro atoms. The highest BCUT2D eigenvalue weighted by Crippen LogP contribution is 2.39. The molecule has 0 aliphatic heterocycles. The van der Waals surface area contributed by atoms with Crippen LogP contribution < -0.4 is 5.73 Å². The van der Waals surface area contributed by atoms with Crippen molar-refractivity contribution in [2.45, 2.75) is 57.5 Å². The molecule has 4 nitrogen and oxygen atoms in total. The number of hydrogen-bond donors (Lipinski definition) is 1. The molecule has 5 heteroatoms. The van der Waals surface area contributed by atoms with Gasteiger partial charge in [0.2, 0.25) is 0 Å². The zero-order valence-electron chi connectivity index (χ0n) is 10.9. The standard InChI is InChI=1S/C13H22ClNO3/c1-2-6-13(7-8-14,18-12(15)17)10-4-3-5-11(16)9-10/h10H,2-9H2,1H3,(H2,15,17). The van der Waals surface area contributed by atoms with Crippen LogP contribution in [0.1, 0.15) is 51.9 Å². The Kier molecular flexibility index (Phi) is 5.93. The topological polar surface area (TPSA) is 69.4 Å². The number of ketones is 1. The second-order valence-electron chi connectivity index (χ2n) is 5.01. The van der Waals surface area contributed by atoms with Crippen molar-refractivity contribution in [3.63, 3.8) is 0 Å². The van der Waals surface area contributed by atoms with E-state index in [0.717, 1.165) is 19.3 Å². The molecule has 0 bridgehead atoms. The summed E-state index contributed by atoms with van der Waals surface area (Å²) in [5.74, 6) is 0.706. The van der Waals surface area contributed by atoms with E-state index in [1.165, 1.54) is 0 Å². The van der Waals surface area contributed by atoms with Crippen LogP contribution in [0.4, 0.5) is 4.79 Å². The second kappa shape index (κ2) is 6.98. The number of hydrogen-bond acceptors (Lipinski definition) is 3. The van der Waals surface area contributed by atoms with Gasteiger partial charge in [0.1, 0.15) is 11.4 Å². The van der Waals surface area contributed by atoms with E-state index in [1.807, 2.05) is 6.92 Å². The molecule has 1 saturated carbocycles. The SMILES string of the molecule is CCCC(CCCl)(OC(N)=O)C1CCCC(=O)C1. The lowest BCUT2D eigenvalue weighted by molar-refractivity contribution is -0.126.